The number of allylic oxidation sites excluding steroid dienone is 7. The van der Waals surface area contributed by atoms with Crippen molar-refractivity contribution in [1.29, 1.82) is 21.0 Å². The van der Waals surface area contributed by atoms with Gasteiger partial charge in [0.2, 0.25) is 11.4 Å². The van der Waals surface area contributed by atoms with Gasteiger partial charge in [0, 0.05) is 5.57 Å². The monoisotopic (exact) mass is 566 g/mol. The van der Waals surface area contributed by atoms with Crippen LogP contribution in [0.25, 0.3) is 52.9 Å². The fourth-order valence-corrected chi connectivity index (χ4v) is 5.28. The molecule has 0 heterocycles. The Labute approximate surface area is 249 Å². The van der Waals surface area contributed by atoms with Crippen LogP contribution in [0, 0.1) is 83.2 Å². The maximum absolute atomic E-state index is 14.7. The smallest absolute Gasteiger partial charge is 0.237 e. The van der Waals surface area contributed by atoms with Gasteiger partial charge < -0.3 is 0 Å². The maximum Gasteiger partial charge on any atom is 0.270 e. The summed E-state index contributed by atoms with van der Waals surface area (Å²) < 4.78 is 29.3. The number of fused-ring (bicyclic) bond motifs is 2. The largest absolute Gasteiger partial charge is 0.270 e. The van der Waals surface area contributed by atoms with Crippen LogP contribution in [0.1, 0.15) is 38.9 Å². The van der Waals surface area contributed by atoms with Gasteiger partial charge in [-0.05, 0) is 74.4 Å². The van der Waals surface area contributed by atoms with Gasteiger partial charge in [0.05, 0.1) is 49.6 Å². The second-order valence-corrected chi connectivity index (χ2v) is 9.12. The Hall–Kier alpha value is -7.60. The van der Waals surface area contributed by atoms with Crippen molar-refractivity contribution in [3.63, 3.8) is 0 Å². The number of nitrogens with zero attached hydrogens (tertiary/aromatic N) is 8. The summed E-state index contributed by atoms with van der Waals surface area (Å²) in [6.07, 6.45) is 0. The van der Waals surface area contributed by atoms with Gasteiger partial charge in [0.15, 0.2) is 0 Å². The number of hydrogen-bond acceptors (Lipinski definition) is 4. The van der Waals surface area contributed by atoms with E-state index < -0.39 is 23.0 Å². The average molecular weight is 566 g/mol. The Morgan fingerprint density at radius 2 is 1.16 bits per heavy atom. The van der Waals surface area contributed by atoms with Crippen LogP contribution in [-0.4, -0.2) is 0 Å². The molecule has 0 bridgehead atoms. The molecule has 0 saturated heterocycles. The molecular formula is C34H8F2N8. The highest BCUT2D eigenvalue weighted by atomic mass is 19.1. The van der Waals surface area contributed by atoms with E-state index in [1.54, 1.807) is 18.2 Å². The van der Waals surface area contributed by atoms with E-state index in [2.05, 4.69) is 19.4 Å². The number of rotatable bonds is 2. The lowest BCUT2D eigenvalue weighted by Gasteiger charge is -2.12. The third kappa shape index (κ3) is 3.96. The molecule has 2 aliphatic rings. The van der Waals surface area contributed by atoms with Crippen LogP contribution in [-0.2, 0) is 0 Å². The van der Waals surface area contributed by atoms with Crippen LogP contribution in [0.2, 0.25) is 0 Å². The Bertz CT molecular complexity index is 2170. The molecular weight excluding hydrogens is 558 g/mol. The summed E-state index contributed by atoms with van der Waals surface area (Å²) >= 11 is 0. The van der Waals surface area contributed by atoms with E-state index >= 15 is 0 Å². The molecule has 5 rings (SSSR count). The highest BCUT2D eigenvalue weighted by molar-refractivity contribution is 6.26. The van der Waals surface area contributed by atoms with Crippen LogP contribution in [0.4, 0.5) is 14.5 Å². The summed E-state index contributed by atoms with van der Waals surface area (Å²) in [6, 6.07) is 17.9. The molecule has 0 atom stereocenters. The van der Waals surface area contributed by atoms with Gasteiger partial charge in [-0.1, -0.05) is 24.3 Å². The minimum Gasteiger partial charge on any atom is -0.237 e. The van der Waals surface area contributed by atoms with Gasteiger partial charge in [-0.2, -0.15) is 10.5 Å². The normalized spacial score (nSPS) is 14.8. The van der Waals surface area contributed by atoms with Gasteiger partial charge in [-0.3, -0.25) is 0 Å². The highest BCUT2D eigenvalue weighted by Crippen LogP contribution is 2.52. The van der Waals surface area contributed by atoms with Crippen LogP contribution < -0.4 is 0 Å². The van der Waals surface area contributed by atoms with Crippen molar-refractivity contribution >= 4 is 39.2 Å². The topological polar surface area (TPSA) is 113 Å². The molecule has 0 N–H and O–H groups in total. The van der Waals surface area contributed by atoms with E-state index in [-0.39, 0.29) is 67.1 Å². The molecule has 198 valence electrons. The second-order valence-electron chi connectivity index (χ2n) is 9.12. The number of hydrogen-bond donors (Lipinski definition) is 0. The molecule has 44 heavy (non-hydrogen) atoms. The summed E-state index contributed by atoms with van der Waals surface area (Å²) in [6.45, 7) is 30.2. The van der Waals surface area contributed by atoms with E-state index in [0.29, 0.717) is 11.1 Å². The lowest BCUT2D eigenvalue weighted by atomic mass is 9.91. The lowest BCUT2D eigenvalue weighted by Crippen LogP contribution is -1.94. The van der Waals surface area contributed by atoms with Gasteiger partial charge >= 0.3 is 0 Å². The fourth-order valence-electron chi connectivity index (χ4n) is 5.28. The van der Waals surface area contributed by atoms with E-state index in [1.807, 2.05) is 6.07 Å². The molecule has 3 aromatic carbocycles. The third-order valence-electron chi connectivity index (χ3n) is 7.08. The van der Waals surface area contributed by atoms with Crippen molar-refractivity contribution in [2.75, 3.05) is 0 Å². The predicted molar refractivity (Wildman–Crippen MR) is 154 cm³/mol. The quantitative estimate of drug-likeness (QED) is 0.231. The molecule has 0 unspecified atom stereocenters. The zero-order valence-corrected chi connectivity index (χ0v) is 22.0. The van der Waals surface area contributed by atoms with Crippen molar-refractivity contribution in [2.24, 2.45) is 0 Å². The molecule has 0 aromatic heterocycles. The minimum atomic E-state index is -0.881. The predicted octanol–water partition coefficient (Wildman–Crippen LogP) is 7.94. The second kappa shape index (κ2) is 10.8. The zero-order valence-electron chi connectivity index (χ0n) is 22.0. The lowest BCUT2D eigenvalue weighted by molar-refractivity contribution is 0.623. The Morgan fingerprint density at radius 3 is 1.66 bits per heavy atom. The van der Waals surface area contributed by atoms with Gasteiger partial charge in [0.1, 0.15) is 23.8 Å². The average Bonchev–Trinajstić information content (AvgIpc) is 3.53. The molecule has 8 nitrogen and oxygen atoms in total. The van der Waals surface area contributed by atoms with E-state index in [0.717, 1.165) is 12.1 Å². The zero-order chi connectivity index (χ0) is 31.7. The van der Waals surface area contributed by atoms with Crippen molar-refractivity contribution in [3.8, 4) is 24.3 Å². The molecule has 0 spiro atoms. The first-order chi connectivity index (χ1) is 21.3. The first-order valence-corrected chi connectivity index (χ1v) is 12.2. The van der Waals surface area contributed by atoms with Crippen LogP contribution in [0.5, 0.6) is 0 Å². The van der Waals surface area contributed by atoms with Gasteiger partial charge in [-0.15, -0.1) is 0 Å². The van der Waals surface area contributed by atoms with Crippen molar-refractivity contribution in [1.82, 2.24) is 0 Å². The standard InChI is InChI=1S/C34H8F2N8/c1-41-27-12-20-21(11-26(27)36)32(28(15-39)42-2)30(24(20)14-38)17-5-7-18(8-6-17)31-33(29(16-40)43-3)22-10-25(35)19(13-37)9-23(22)34(31)44-4/h5-12H/b32-28+,33-29-. The first kappa shape index (κ1) is 27.9. The third-order valence-corrected chi connectivity index (χ3v) is 7.08. The van der Waals surface area contributed by atoms with E-state index in [9.17, 15) is 29.8 Å². The number of nitriles is 4. The first-order valence-electron chi connectivity index (χ1n) is 12.2. The molecule has 0 fully saturated rings. The Morgan fingerprint density at radius 1 is 0.614 bits per heavy atom. The molecule has 10 heteroatoms. The van der Waals surface area contributed by atoms with Crippen LogP contribution in [0.3, 0.4) is 0 Å². The molecule has 0 aliphatic heterocycles. The SMILES string of the molecule is [C-]#[N+]C1=C(c2ccc(C3=C(C#N)c4cc([N+]#[C-])c(F)cc4/C3=C(/C#N)[N+]#[C-])cc2)/C(=C(/C#N)[N+]#[C-])c2cc(F)c(C#N)cc21. The van der Waals surface area contributed by atoms with Crippen molar-refractivity contribution in [2.45, 2.75) is 0 Å². The van der Waals surface area contributed by atoms with Gasteiger partial charge in [0.25, 0.3) is 11.4 Å². The summed E-state index contributed by atoms with van der Waals surface area (Å²) in [7, 11) is 0. The minimum absolute atomic E-state index is 0.0108. The van der Waals surface area contributed by atoms with Crippen molar-refractivity contribution < 1.29 is 8.78 Å². The van der Waals surface area contributed by atoms with E-state index in [4.69, 9.17) is 26.3 Å². The Balaban J connectivity index is 1.78. The molecule has 0 amide bonds. The number of benzene rings is 3. The van der Waals surface area contributed by atoms with Crippen molar-refractivity contribution in [3.05, 3.63) is 156 Å². The summed E-state index contributed by atoms with van der Waals surface area (Å²) in [5.74, 6) is -1.76. The summed E-state index contributed by atoms with van der Waals surface area (Å²) in [5, 5.41) is 38.9. The molecule has 0 radical (unpaired) electrons. The van der Waals surface area contributed by atoms with Crippen LogP contribution in [0.15, 0.2) is 59.9 Å². The molecule has 3 aromatic rings. The van der Waals surface area contributed by atoms with Crippen LogP contribution >= 0.6 is 0 Å². The maximum atomic E-state index is 14.7. The number of halogens is 2. The molecule has 0 saturated carbocycles. The fraction of sp³-hybridized carbons (Fsp3) is 0. The van der Waals surface area contributed by atoms with E-state index in [1.165, 1.54) is 36.4 Å². The highest BCUT2D eigenvalue weighted by Gasteiger charge is 2.34. The molecule has 2 aliphatic carbocycles. The van der Waals surface area contributed by atoms with Gasteiger partial charge in [-0.25, -0.2) is 38.7 Å². The summed E-state index contributed by atoms with van der Waals surface area (Å²) in [5.41, 5.74) is 0.185. The summed E-state index contributed by atoms with van der Waals surface area (Å²) in [4.78, 5) is 13.3. The Kier molecular flexibility index (Phi) is 6.83.